The summed E-state index contributed by atoms with van der Waals surface area (Å²) < 4.78 is 7.87. The highest BCUT2D eigenvalue weighted by Gasteiger charge is 2.40. The molecule has 1 amide bonds. The van der Waals surface area contributed by atoms with Crippen molar-refractivity contribution < 1.29 is 9.53 Å². The number of imidazole rings is 1. The van der Waals surface area contributed by atoms with Gasteiger partial charge in [-0.15, -0.1) is 0 Å². The first-order valence-corrected chi connectivity index (χ1v) is 12.5. The Bertz CT molecular complexity index is 1530. The van der Waals surface area contributed by atoms with Crippen LogP contribution in [0, 0.1) is 18.3 Å². The van der Waals surface area contributed by atoms with Crippen molar-refractivity contribution in [1.29, 1.82) is 5.26 Å². The zero-order valence-corrected chi connectivity index (χ0v) is 22.0. The lowest BCUT2D eigenvalue weighted by atomic mass is 9.92. The Morgan fingerprint density at radius 3 is 2.51 bits per heavy atom. The zero-order chi connectivity index (χ0) is 26.3. The Hall–Kier alpha value is -4.08. The summed E-state index contributed by atoms with van der Waals surface area (Å²) >= 11 is 6.41. The molecule has 1 aliphatic heterocycles. The van der Waals surface area contributed by atoms with Crippen molar-refractivity contribution in [2.75, 3.05) is 12.0 Å². The molecule has 186 valence electrons. The van der Waals surface area contributed by atoms with E-state index in [1.807, 2.05) is 66.4 Å². The highest BCUT2D eigenvalue weighted by Crippen LogP contribution is 2.44. The van der Waals surface area contributed by atoms with Gasteiger partial charge in [0, 0.05) is 16.8 Å². The van der Waals surface area contributed by atoms with E-state index in [1.54, 1.807) is 19.2 Å². The van der Waals surface area contributed by atoms with Crippen molar-refractivity contribution in [3.8, 4) is 23.2 Å². The largest absolute Gasteiger partial charge is 0.496 e. The molecule has 0 fully saturated rings. The molecule has 1 aliphatic rings. The van der Waals surface area contributed by atoms with Crippen molar-refractivity contribution in [1.82, 2.24) is 9.55 Å². The molecular weight excluding hydrogens is 484 g/mol. The predicted octanol–water partition coefficient (Wildman–Crippen LogP) is 6.65. The summed E-state index contributed by atoms with van der Waals surface area (Å²) in [6.45, 7) is 6.20. The van der Waals surface area contributed by atoms with Gasteiger partial charge in [0.25, 0.3) is 0 Å². The average molecular weight is 511 g/mol. The lowest BCUT2D eigenvalue weighted by molar-refractivity contribution is -0.118. The van der Waals surface area contributed by atoms with Gasteiger partial charge in [0.2, 0.25) is 5.91 Å². The highest BCUT2D eigenvalue weighted by molar-refractivity contribution is 6.31. The normalized spacial score (nSPS) is 15.0. The van der Waals surface area contributed by atoms with Gasteiger partial charge in [0.1, 0.15) is 17.6 Å². The Balaban J connectivity index is 1.82. The molecule has 0 spiro atoms. The van der Waals surface area contributed by atoms with Gasteiger partial charge in [-0.3, -0.25) is 9.69 Å². The number of fused-ring (bicyclic) bond motifs is 1. The molecule has 7 heteroatoms. The summed E-state index contributed by atoms with van der Waals surface area (Å²) in [5.74, 6) is 1.41. The molecule has 1 unspecified atom stereocenters. The fourth-order valence-corrected chi connectivity index (χ4v) is 5.28. The number of amides is 1. The van der Waals surface area contributed by atoms with Crippen LogP contribution in [0.25, 0.3) is 11.4 Å². The van der Waals surface area contributed by atoms with Crippen molar-refractivity contribution >= 4 is 23.2 Å². The van der Waals surface area contributed by atoms with Crippen LogP contribution in [0.1, 0.15) is 54.0 Å². The topological polar surface area (TPSA) is 71.2 Å². The van der Waals surface area contributed by atoms with E-state index in [-0.39, 0.29) is 18.4 Å². The maximum Gasteiger partial charge on any atom is 0.233 e. The number of carbonyl (C=O) groups is 1. The average Bonchev–Trinajstić information content (AvgIpc) is 3.28. The van der Waals surface area contributed by atoms with Gasteiger partial charge < -0.3 is 9.30 Å². The number of rotatable bonds is 5. The van der Waals surface area contributed by atoms with Crippen LogP contribution in [-0.2, 0) is 11.2 Å². The Morgan fingerprint density at radius 1 is 1.11 bits per heavy atom. The van der Waals surface area contributed by atoms with E-state index >= 15 is 0 Å². The van der Waals surface area contributed by atoms with E-state index in [1.165, 1.54) is 0 Å². The first-order valence-electron chi connectivity index (χ1n) is 12.2. The summed E-state index contributed by atoms with van der Waals surface area (Å²) in [4.78, 5) is 20.7. The summed E-state index contributed by atoms with van der Waals surface area (Å²) in [5.41, 5.74) is 5.70. The molecule has 37 heavy (non-hydrogen) atoms. The molecule has 0 N–H and O–H groups in total. The Kier molecular flexibility index (Phi) is 6.49. The van der Waals surface area contributed by atoms with Gasteiger partial charge >= 0.3 is 0 Å². The van der Waals surface area contributed by atoms with Gasteiger partial charge in [0.05, 0.1) is 42.1 Å². The van der Waals surface area contributed by atoms with Crippen LogP contribution < -0.4 is 9.64 Å². The van der Waals surface area contributed by atoms with Crippen LogP contribution >= 0.6 is 11.6 Å². The molecule has 5 rings (SSSR count). The van der Waals surface area contributed by atoms with E-state index in [2.05, 4.69) is 24.5 Å². The summed E-state index contributed by atoms with van der Waals surface area (Å²) in [5, 5.41) is 9.94. The minimum absolute atomic E-state index is 0.0487. The second-order valence-electron chi connectivity index (χ2n) is 9.44. The molecular formula is C30H27ClN4O2. The molecule has 2 heterocycles. The van der Waals surface area contributed by atoms with Gasteiger partial charge in [-0.2, -0.15) is 5.26 Å². The second-order valence-corrected chi connectivity index (χ2v) is 9.88. The first kappa shape index (κ1) is 24.6. The third-order valence-corrected chi connectivity index (χ3v) is 7.01. The smallest absolute Gasteiger partial charge is 0.233 e. The number of ether oxygens (including phenoxy) is 1. The molecule has 6 nitrogen and oxygen atoms in total. The quantitative estimate of drug-likeness (QED) is 0.301. The number of carbonyl (C=O) groups excluding carboxylic acids is 1. The fraction of sp³-hybridized carbons (Fsp3) is 0.233. The van der Waals surface area contributed by atoms with Gasteiger partial charge in [-0.25, -0.2) is 4.98 Å². The summed E-state index contributed by atoms with van der Waals surface area (Å²) in [6.07, 6.45) is 0.163. The SMILES string of the molecule is COc1ccccc1-c1nc2c(n1C(C)C)C(c1ccc(C#N)cc1)N(c1cc(Cl)ccc1C)C(=O)C2. The van der Waals surface area contributed by atoms with Crippen LogP contribution in [0.15, 0.2) is 66.7 Å². The number of benzene rings is 3. The Labute approximate surface area is 221 Å². The lowest BCUT2D eigenvalue weighted by Gasteiger charge is -2.38. The molecule has 0 saturated heterocycles. The van der Waals surface area contributed by atoms with E-state index < -0.39 is 6.04 Å². The summed E-state index contributed by atoms with van der Waals surface area (Å²) in [7, 11) is 1.65. The van der Waals surface area contributed by atoms with Crippen molar-refractivity contribution in [2.45, 2.75) is 39.3 Å². The number of aromatic nitrogens is 2. The standard InChI is InChI=1S/C30H27ClN4O2/c1-18(2)34-29-24(33-30(34)23-7-5-6-8-26(23)37-4)16-27(36)35(25-15-22(31)14-9-19(25)3)28(29)21-12-10-20(17-32)11-13-21/h5-15,18,28H,16H2,1-4H3. The third kappa shape index (κ3) is 4.26. The molecule has 0 saturated carbocycles. The maximum absolute atomic E-state index is 13.8. The van der Waals surface area contributed by atoms with Crippen LogP contribution in [-0.4, -0.2) is 22.6 Å². The number of methoxy groups -OCH3 is 1. The number of hydrogen-bond acceptors (Lipinski definition) is 4. The number of para-hydroxylation sites is 1. The van der Waals surface area contributed by atoms with Crippen molar-refractivity contribution in [2.24, 2.45) is 0 Å². The number of halogens is 1. The van der Waals surface area contributed by atoms with E-state index in [9.17, 15) is 10.1 Å². The number of anilines is 1. The van der Waals surface area contributed by atoms with Gasteiger partial charge in [0.15, 0.2) is 0 Å². The van der Waals surface area contributed by atoms with E-state index in [4.69, 9.17) is 21.3 Å². The van der Waals surface area contributed by atoms with Crippen LogP contribution in [0.3, 0.4) is 0 Å². The molecule has 1 aromatic heterocycles. The second kappa shape index (κ2) is 9.76. The molecule has 4 aromatic rings. The number of aryl methyl sites for hydroxylation is 1. The maximum atomic E-state index is 13.8. The third-order valence-electron chi connectivity index (χ3n) is 6.78. The number of nitrogens with zero attached hydrogens (tertiary/aromatic N) is 4. The van der Waals surface area contributed by atoms with Gasteiger partial charge in [-0.1, -0.05) is 41.9 Å². The van der Waals surface area contributed by atoms with Crippen molar-refractivity contribution in [3.05, 3.63) is 99.8 Å². The minimum atomic E-state index is -0.459. The summed E-state index contributed by atoms with van der Waals surface area (Å²) in [6, 6.07) is 22.6. The first-order chi connectivity index (χ1) is 17.8. The lowest BCUT2D eigenvalue weighted by Crippen LogP contribution is -2.42. The fourth-order valence-electron chi connectivity index (χ4n) is 5.11. The predicted molar refractivity (Wildman–Crippen MR) is 145 cm³/mol. The minimum Gasteiger partial charge on any atom is -0.496 e. The van der Waals surface area contributed by atoms with Crippen LogP contribution in [0.4, 0.5) is 5.69 Å². The van der Waals surface area contributed by atoms with Crippen LogP contribution in [0.2, 0.25) is 5.02 Å². The monoisotopic (exact) mass is 510 g/mol. The molecule has 0 radical (unpaired) electrons. The molecule has 3 aromatic carbocycles. The van der Waals surface area contributed by atoms with Crippen LogP contribution in [0.5, 0.6) is 5.75 Å². The Morgan fingerprint density at radius 2 is 1.84 bits per heavy atom. The number of nitriles is 1. The van der Waals surface area contributed by atoms with E-state index in [0.717, 1.165) is 45.3 Å². The zero-order valence-electron chi connectivity index (χ0n) is 21.2. The van der Waals surface area contributed by atoms with Crippen molar-refractivity contribution in [3.63, 3.8) is 0 Å². The van der Waals surface area contributed by atoms with Gasteiger partial charge in [-0.05, 0) is 68.3 Å². The highest BCUT2D eigenvalue weighted by atomic mass is 35.5. The molecule has 0 bridgehead atoms. The molecule has 0 aliphatic carbocycles. The molecule has 1 atom stereocenters. The van der Waals surface area contributed by atoms with E-state index in [0.29, 0.717) is 10.6 Å². The number of hydrogen-bond donors (Lipinski definition) is 0.